The summed E-state index contributed by atoms with van der Waals surface area (Å²) in [7, 11) is -3.44. The summed E-state index contributed by atoms with van der Waals surface area (Å²) in [4.78, 5) is 13.8. The molecule has 3 rings (SSSR count). The molecular formula is C20H19NO3S2. The zero-order valence-corrected chi connectivity index (χ0v) is 15.9. The molecule has 0 fully saturated rings. The lowest BCUT2D eigenvalue weighted by Crippen LogP contribution is -2.24. The first-order chi connectivity index (χ1) is 12.4. The molecule has 0 saturated heterocycles. The van der Waals surface area contributed by atoms with E-state index in [0.29, 0.717) is 10.4 Å². The third kappa shape index (κ3) is 4.88. The molecule has 1 aromatic heterocycles. The van der Waals surface area contributed by atoms with Crippen molar-refractivity contribution in [3.63, 3.8) is 0 Å². The molecule has 3 aromatic rings. The molecule has 0 atom stereocenters. The highest BCUT2D eigenvalue weighted by molar-refractivity contribution is 7.88. The van der Waals surface area contributed by atoms with E-state index in [2.05, 4.69) is 4.72 Å². The van der Waals surface area contributed by atoms with E-state index in [1.54, 1.807) is 30.3 Å². The molecule has 0 aliphatic rings. The van der Waals surface area contributed by atoms with Gasteiger partial charge in [-0.3, -0.25) is 4.79 Å². The molecule has 0 aliphatic carbocycles. The number of hydrogen-bond acceptors (Lipinski definition) is 4. The number of rotatable bonds is 7. The minimum absolute atomic E-state index is 0.0514. The highest BCUT2D eigenvalue weighted by Gasteiger charge is 2.14. The molecule has 134 valence electrons. The Balaban J connectivity index is 1.63. The number of thiophene rings is 1. The van der Waals surface area contributed by atoms with Crippen molar-refractivity contribution in [1.82, 2.24) is 4.72 Å². The third-order valence-electron chi connectivity index (χ3n) is 3.83. The highest BCUT2D eigenvalue weighted by Crippen LogP contribution is 2.20. The Labute approximate surface area is 157 Å². The molecule has 0 radical (unpaired) electrons. The zero-order valence-electron chi connectivity index (χ0n) is 14.3. The average Bonchev–Trinajstić information content (AvgIpc) is 3.09. The quantitative estimate of drug-likeness (QED) is 0.627. The highest BCUT2D eigenvalue weighted by atomic mass is 32.2. The monoisotopic (exact) mass is 385 g/mol. The largest absolute Gasteiger partial charge is 0.288 e. The molecule has 0 spiro atoms. The van der Waals surface area contributed by atoms with Gasteiger partial charge >= 0.3 is 0 Å². The molecule has 4 nitrogen and oxygen atoms in total. The first-order valence-corrected chi connectivity index (χ1v) is 10.6. The van der Waals surface area contributed by atoms with E-state index in [1.165, 1.54) is 11.3 Å². The van der Waals surface area contributed by atoms with Crippen molar-refractivity contribution in [1.29, 1.82) is 0 Å². The van der Waals surface area contributed by atoms with Gasteiger partial charge in [-0.15, -0.1) is 11.3 Å². The predicted molar refractivity (Wildman–Crippen MR) is 105 cm³/mol. The van der Waals surface area contributed by atoms with Gasteiger partial charge in [0.05, 0.1) is 10.6 Å². The first kappa shape index (κ1) is 18.5. The van der Waals surface area contributed by atoms with Crippen LogP contribution in [0, 0.1) is 6.92 Å². The van der Waals surface area contributed by atoms with Crippen molar-refractivity contribution in [2.24, 2.45) is 0 Å². The predicted octanol–water partition coefficient (Wildman–Crippen LogP) is 3.91. The topological polar surface area (TPSA) is 63.2 Å². The van der Waals surface area contributed by atoms with Gasteiger partial charge in [-0.05, 0) is 24.6 Å². The van der Waals surface area contributed by atoms with Crippen LogP contribution in [0.5, 0.6) is 0 Å². The Morgan fingerprint density at radius 2 is 1.77 bits per heavy atom. The van der Waals surface area contributed by atoms with Crippen molar-refractivity contribution in [3.8, 4) is 0 Å². The van der Waals surface area contributed by atoms with Gasteiger partial charge in [-0.2, -0.15) is 0 Å². The summed E-state index contributed by atoms with van der Waals surface area (Å²) in [5.74, 6) is -0.111. The maximum Gasteiger partial charge on any atom is 0.216 e. The number of sulfonamides is 1. The van der Waals surface area contributed by atoms with E-state index in [1.807, 2.05) is 43.3 Å². The second kappa shape index (κ2) is 7.95. The van der Waals surface area contributed by atoms with Gasteiger partial charge in [0, 0.05) is 17.0 Å². The van der Waals surface area contributed by atoms with Crippen LogP contribution in [0.15, 0.2) is 66.7 Å². The molecule has 0 aliphatic heterocycles. The van der Waals surface area contributed by atoms with Crippen LogP contribution in [0.3, 0.4) is 0 Å². The molecule has 0 saturated carbocycles. The normalized spacial score (nSPS) is 11.4. The van der Waals surface area contributed by atoms with Crippen LogP contribution in [-0.4, -0.2) is 14.2 Å². The summed E-state index contributed by atoms with van der Waals surface area (Å²) in [6.07, 6.45) is 0. The number of ketones is 1. The Morgan fingerprint density at radius 3 is 2.50 bits per heavy atom. The van der Waals surface area contributed by atoms with Crippen LogP contribution in [0.1, 0.15) is 31.2 Å². The van der Waals surface area contributed by atoms with Crippen molar-refractivity contribution in [3.05, 3.63) is 93.2 Å². The molecule has 0 amide bonds. The molecule has 1 N–H and O–H groups in total. The summed E-state index contributed by atoms with van der Waals surface area (Å²) in [5, 5.41) is 0. The van der Waals surface area contributed by atoms with Gasteiger partial charge in [0.15, 0.2) is 0 Å². The van der Waals surface area contributed by atoms with Crippen LogP contribution >= 0.6 is 11.3 Å². The minimum atomic E-state index is -3.44. The summed E-state index contributed by atoms with van der Waals surface area (Å²) < 4.78 is 27.2. The van der Waals surface area contributed by atoms with Crippen LogP contribution < -0.4 is 4.72 Å². The Hall–Kier alpha value is -2.28. The smallest absolute Gasteiger partial charge is 0.216 e. The summed E-state index contributed by atoms with van der Waals surface area (Å²) in [5.41, 5.74) is 2.41. The third-order valence-corrected chi connectivity index (χ3v) is 6.21. The Kier molecular flexibility index (Phi) is 5.66. The Morgan fingerprint density at radius 1 is 1.00 bits per heavy atom. The van der Waals surface area contributed by atoms with Gasteiger partial charge in [0.1, 0.15) is 0 Å². The molecule has 6 heteroatoms. The molecule has 0 bridgehead atoms. The fourth-order valence-electron chi connectivity index (χ4n) is 2.58. The summed E-state index contributed by atoms with van der Waals surface area (Å²) in [6, 6.07) is 20.0. The number of aryl methyl sites for hydroxylation is 1. The lowest BCUT2D eigenvalue weighted by molar-refractivity contribution is 0.104. The maximum absolute atomic E-state index is 12.4. The van der Waals surface area contributed by atoms with Crippen molar-refractivity contribution < 1.29 is 13.2 Å². The van der Waals surface area contributed by atoms with E-state index in [4.69, 9.17) is 0 Å². The second-order valence-electron chi connectivity index (χ2n) is 6.03. The number of carbonyl (C=O) groups excluding carboxylic acids is 1. The van der Waals surface area contributed by atoms with Gasteiger partial charge < -0.3 is 0 Å². The van der Waals surface area contributed by atoms with Crippen LogP contribution in [0.2, 0.25) is 0 Å². The number of carbonyl (C=O) groups is 1. The number of hydrogen-bond donors (Lipinski definition) is 1. The fourth-order valence-corrected chi connectivity index (χ4v) is 4.68. The first-order valence-electron chi connectivity index (χ1n) is 8.14. The van der Waals surface area contributed by atoms with E-state index in [9.17, 15) is 13.2 Å². The van der Waals surface area contributed by atoms with E-state index in [0.717, 1.165) is 16.0 Å². The lowest BCUT2D eigenvalue weighted by Gasteiger charge is -2.06. The zero-order chi connectivity index (χ0) is 18.6. The van der Waals surface area contributed by atoms with Crippen LogP contribution in [0.4, 0.5) is 0 Å². The van der Waals surface area contributed by atoms with Crippen LogP contribution in [0.25, 0.3) is 0 Å². The van der Waals surface area contributed by atoms with E-state index < -0.39 is 10.0 Å². The molecule has 2 aromatic carbocycles. The van der Waals surface area contributed by atoms with Crippen molar-refractivity contribution in [2.75, 3.05) is 0 Å². The Bertz CT molecular complexity index is 1010. The number of nitrogens with one attached hydrogen (secondary N) is 1. The minimum Gasteiger partial charge on any atom is -0.288 e. The van der Waals surface area contributed by atoms with Gasteiger partial charge in [-0.1, -0.05) is 60.2 Å². The lowest BCUT2D eigenvalue weighted by atomic mass is 10.1. The average molecular weight is 386 g/mol. The van der Waals surface area contributed by atoms with Crippen LogP contribution in [-0.2, 0) is 22.3 Å². The summed E-state index contributed by atoms with van der Waals surface area (Å²) in [6.45, 7) is 2.11. The molecule has 0 unspecified atom stereocenters. The maximum atomic E-state index is 12.4. The fraction of sp³-hybridized carbons (Fsp3) is 0.150. The molecule has 26 heavy (non-hydrogen) atoms. The number of benzene rings is 2. The standard InChI is InChI=1S/C20H19NO3S2/c1-15-6-5-7-16(12-15)14-26(23,24)21-13-18-10-11-19(25-18)20(22)17-8-3-2-4-9-17/h2-12,21H,13-14H2,1H3. The SMILES string of the molecule is Cc1cccc(CS(=O)(=O)NCc2ccc(C(=O)c3ccccc3)s2)c1. The van der Waals surface area contributed by atoms with Gasteiger partial charge in [0.25, 0.3) is 0 Å². The second-order valence-corrected chi connectivity index (χ2v) is 9.01. The van der Waals surface area contributed by atoms with Crippen molar-refractivity contribution >= 4 is 27.1 Å². The van der Waals surface area contributed by atoms with Gasteiger partial charge in [0.2, 0.25) is 15.8 Å². The molecule has 1 heterocycles. The summed E-state index contributed by atoms with van der Waals surface area (Å²) >= 11 is 1.31. The van der Waals surface area contributed by atoms with Crippen molar-refractivity contribution in [2.45, 2.75) is 19.2 Å². The van der Waals surface area contributed by atoms with E-state index in [-0.39, 0.29) is 18.1 Å². The molecular weight excluding hydrogens is 366 g/mol. The van der Waals surface area contributed by atoms with Gasteiger partial charge in [-0.25, -0.2) is 13.1 Å². The van der Waals surface area contributed by atoms with E-state index >= 15 is 0 Å².